The van der Waals surface area contributed by atoms with Crippen LogP contribution in [0.4, 0.5) is 5.69 Å². The lowest BCUT2D eigenvalue weighted by Crippen LogP contribution is -2.60. The second kappa shape index (κ2) is 13.0. The summed E-state index contributed by atoms with van der Waals surface area (Å²) >= 11 is 6.11. The molecule has 230 valence electrons. The number of aliphatic hydroxyl groups excluding tert-OH is 1. The molecule has 9 nitrogen and oxygen atoms in total. The highest BCUT2D eigenvalue weighted by Gasteiger charge is 2.54. The van der Waals surface area contributed by atoms with Gasteiger partial charge in [0.2, 0.25) is 17.7 Å². The standard InChI is InChI=1S/C34H38ClN5O4/c35-27-12-10-24(11-13-27)20-30(37-31(42)29-21-25-6-4-5-7-26(25)22-36-29)32(43)38-16-14-34(15-17-38)33(44)39(18-19-41)23-40(34)28-8-2-1-3-9-28/h1-13,29-30,36,41H,14-23H2,(H,37,42)/t29-,30-/m1/s1. The van der Waals surface area contributed by atoms with Crippen LogP contribution >= 0.6 is 11.6 Å². The summed E-state index contributed by atoms with van der Waals surface area (Å²) in [4.78, 5) is 47.0. The number of nitrogens with zero attached hydrogens (tertiary/aromatic N) is 3. The van der Waals surface area contributed by atoms with Gasteiger partial charge in [0.15, 0.2) is 0 Å². The minimum atomic E-state index is -0.790. The fraction of sp³-hybridized carbons (Fsp3) is 0.382. The highest BCUT2D eigenvalue weighted by molar-refractivity contribution is 6.30. The van der Waals surface area contributed by atoms with E-state index in [1.807, 2.05) is 60.7 Å². The van der Waals surface area contributed by atoms with Crippen molar-refractivity contribution in [3.63, 3.8) is 0 Å². The van der Waals surface area contributed by atoms with Crippen molar-refractivity contribution in [3.8, 4) is 0 Å². The van der Waals surface area contributed by atoms with Gasteiger partial charge in [0, 0.05) is 43.3 Å². The second-order valence-corrected chi connectivity index (χ2v) is 12.3. The van der Waals surface area contributed by atoms with Gasteiger partial charge >= 0.3 is 0 Å². The summed E-state index contributed by atoms with van der Waals surface area (Å²) in [5, 5.41) is 16.6. The topological polar surface area (TPSA) is 105 Å². The molecular formula is C34H38ClN5O4. The summed E-state index contributed by atoms with van der Waals surface area (Å²) < 4.78 is 0. The van der Waals surface area contributed by atoms with Gasteiger partial charge < -0.3 is 30.4 Å². The van der Waals surface area contributed by atoms with Gasteiger partial charge in [-0.2, -0.15) is 0 Å². The highest BCUT2D eigenvalue weighted by atomic mass is 35.5. The Kier molecular flexibility index (Phi) is 8.88. The lowest BCUT2D eigenvalue weighted by Gasteiger charge is -2.44. The van der Waals surface area contributed by atoms with Crippen LogP contribution in [0.2, 0.25) is 5.02 Å². The van der Waals surface area contributed by atoms with Crippen LogP contribution in [0.15, 0.2) is 78.9 Å². The minimum Gasteiger partial charge on any atom is -0.395 e. The number of piperidine rings is 1. The number of β-amino-alcohol motifs (C(OH)–C–C–N with tert-alkyl or cyclic N) is 1. The summed E-state index contributed by atoms with van der Waals surface area (Å²) in [6.07, 6.45) is 1.79. The lowest BCUT2D eigenvalue weighted by atomic mass is 9.85. The van der Waals surface area contributed by atoms with E-state index in [2.05, 4.69) is 21.6 Å². The molecule has 3 aromatic carbocycles. The van der Waals surface area contributed by atoms with Crippen molar-refractivity contribution in [2.75, 3.05) is 37.8 Å². The Morgan fingerprint density at radius 3 is 2.36 bits per heavy atom. The van der Waals surface area contributed by atoms with Crippen LogP contribution in [0.5, 0.6) is 0 Å². The Balaban J connectivity index is 1.19. The molecule has 0 bridgehead atoms. The lowest BCUT2D eigenvalue weighted by molar-refractivity contribution is -0.141. The smallest absolute Gasteiger partial charge is 0.250 e. The zero-order chi connectivity index (χ0) is 30.7. The number of amides is 3. The van der Waals surface area contributed by atoms with E-state index in [9.17, 15) is 19.5 Å². The largest absolute Gasteiger partial charge is 0.395 e. The number of para-hydroxylation sites is 1. The number of anilines is 1. The molecule has 2 atom stereocenters. The summed E-state index contributed by atoms with van der Waals surface area (Å²) in [5.41, 5.74) is 3.35. The molecule has 44 heavy (non-hydrogen) atoms. The number of hydrogen-bond donors (Lipinski definition) is 3. The Bertz CT molecular complexity index is 1490. The molecule has 0 radical (unpaired) electrons. The molecule has 3 amide bonds. The van der Waals surface area contributed by atoms with Crippen molar-refractivity contribution in [3.05, 3.63) is 101 Å². The number of halogens is 1. The highest BCUT2D eigenvalue weighted by Crippen LogP contribution is 2.39. The molecule has 3 heterocycles. The molecule has 0 aliphatic carbocycles. The van der Waals surface area contributed by atoms with Gasteiger partial charge in [-0.1, -0.05) is 66.2 Å². The maximum Gasteiger partial charge on any atom is 0.250 e. The Hall–Kier alpha value is -3.92. The average Bonchev–Trinajstić information content (AvgIpc) is 3.32. The number of carbonyl (C=O) groups excluding carboxylic acids is 3. The first-order chi connectivity index (χ1) is 21.4. The monoisotopic (exact) mass is 615 g/mol. The second-order valence-electron chi connectivity index (χ2n) is 11.9. The molecule has 0 aromatic heterocycles. The van der Waals surface area contributed by atoms with Gasteiger partial charge in [0.25, 0.3) is 0 Å². The van der Waals surface area contributed by atoms with E-state index in [0.717, 1.165) is 16.8 Å². The normalized spacial score (nSPS) is 20.0. The third-order valence-corrected chi connectivity index (χ3v) is 9.47. The fourth-order valence-electron chi connectivity index (χ4n) is 6.78. The van der Waals surface area contributed by atoms with Crippen molar-refractivity contribution in [2.45, 2.75) is 49.9 Å². The molecule has 10 heteroatoms. The molecule has 3 N–H and O–H groups in total. The van der Waals surface area contributed by atoms with E-state index in [1.54, 1.807) is 21.9 Å². The van der Waals surface area contributed by atoms with Crippen molar-refractivity contribution in [2.24, 2.45) is 0 Å². The third kappa shape index (κ3) is 6.04. The maximum absolute atomic E-state index is 14.1. The first kappa shape index (κ1) is 30.1. The van der Waals surface area contributed by atoms with Crippen LogP contribution in [0.3, 0.4) is 0 Å². The molecule has 1 spiro atoms. The molecule has 0 saturated carbocycles. The van der Waals surface area contributed by atoms with E-state index in [-0.39, 0.29) is 30.9 Å². The molecular weight excluding hydrogens is 578 g/mol. The van der Waals surface area contributed by atoms with E-state index >= 15 is 0 Å². The van der Waals surface area contributed by atoms with Crippen LogP contribution in [-0.2, 0) is 33.8 Å². The summed E-state index contributed by atoms with van der Waals surface area (Å²) in [7, 11) is 0. The number of likely N-dealkylation sites (tertiary alicyclic amines) is 1. The number of carbonyl (C=O) groups is 3. The average molecular weight is 616 g/mol. The van der Waals surface area contributed by atoms with E-state index in [1.165, 1.54) is 5.56 Å². The van der Waals surface area contributed by atoms with Gasteiger partial charge in [-0.25, -0.2) is 0 Å². The van der Waals surface area contributed by atoms with E-state index < -0.39 is 17.6 Å². The summed E-state index contributed by atoms with van der Waals surface area (Å²) in [5.74, 6) is -0.387. The molecule has 6 rings (SSSR count). The third-order valence-electron chi connectivity index (χ3n) is 9.22. The number of rotatable bonds is 8. The quantitative estimate of drug-likeness (QED) is 0.360. The van der Waals surface area contributed by atoms with Gasteiger partial charge in [0.1, 0.15) is 11.6 Å². The first-order valence-corrected chi connectivity index (χ1v) is 15.6. The fourth-order valence-corrected chi connectivity index (χ4v) is 6.91. The van der Waals surface area contributed by atoms with Crippen LogP contribution < -0.4 is 15.5 Å². The van der Waals surface area contributed by atoms with Gasteiger partial charge in [0.05, 0.1) is 19.3 Å². The molecule has 0 unspecified atom stereocenters. The molecule has 3 aliphatic heterocycles. The zero-order valence-corrected chi connectivity index (χ0v) is 25.4. The number of hydrogen-bond acceptors (Lipinski definition) is 6. The number of aliphatic hydroxyl groups is 1. The predicted molar refractivity (Wildman–Crippen MR) is 169 cm³/mol. The molecule has 2 fully saturated rings. The van der Waals surface area contributed by atoms with Crippen molar-refractivity contribution >= 4 is 35.0 Å². The van der Waals surface area contributed by atoms with Crippen molar-refractivity contribution in [1.82, 2.24) is 20.4 Å². The SMILES string of the molecule is O=C(N[C@H](Cc1ccc(Cl)cc1)C(=O)N1CCC2(CC1)C(=O)N(CCO)CN2c1ccccc1)[C@H]1Cc2ccccc2CN1. The van der Waals surface area contributed by atoms with Crippen LogP contribution in [0, 0.1) is 0 Å². The van der Waals surface area contributed by atoms with Crippen LogP contribution in [0.25, 0.3) is 0 Å². The molecule has 3 aliphatic rings. The van der Waals surface area contributed by atoms with Crippen molar-refractivity contribution in [1.29, 1.82) is 0 Å². The number of nitrogens with one attached hydrogen (secondary N) is 2. The van der Waals surface area contributed by atoms with E-state index in [4.69, 9.17) is 11.6 Å². The van der Waals surface area contributed by atoms with Crippen LogP contribution in [0.1, 0.15) is 29.5 Å². The zero-order valence-electron chi connectivity index (χ0n) is 24.6. The maximum atomic E-state index is 14.1. The Morgan fingerprint density at radius 1 is 0.977 bits per heavy atom. The summed E-state index contributed by atoms with van der Waals surface area (Å²) in [6, 6.07) is 24.0. The Morgan fingerprint density at radius 2 is 1.66 bits per heavy atom. The van der Waals surface area contributed by atoms with Gasteiger partial charge in [-0.05, 0) is 60.2 Å². The number of benzene rings is 3. The minimum absolute atomic E-state index is 0.0165. The van der Waals surface area contributed by atoms with Gasteiger partial charge in [-0.3, -0.25) is 14.4 Å². The first-order valence-electron chi connectivity index (χ1n) is 15.2. The van der Waals surface area contributed by atoms with Gasteiger partial charge in [-0.15, -0.1) is 0 Å². The molecule has 3 aromatic rings. The van der Waals surface area contributed by atoms with Crippen molar-refractivity contribution < 1.29 is 19.5 Å². The summed E-state index contributed by atoms with van der Waals surface area (Å²) in [6.45, 7) is 1.90. The van der Waals surface area contributed by atoms with E-state index in [0.29, 0.717) is 57.0 Å². The molecule has 2 saturated heterocycles. The van der Waals surface area contributed by atoms with Crippen LogP contribution in [-0.4, -0.2) is 83.2 Å². The number of fused-ring (bicyclic) bond motifs is 1. The predicted octanol–water partition coefficient (Wildman–Crippen LogP) is 2.74. The Labute approximate surface area is 262 Å².